The van der Waals surface area contributed by atoms with Gasteiger partial charge in [-0.05, 0) is 67.3 Å². The van der Waals surface area contributed by atoms with E-state index in [1.807, 2.05) is 12.3 Å². The molecule has 3 aliphatic carbocycles. The van der Waals surface area contributed by atoms with E-state index in [1.54, 1.807) is 0 Å². The molecule has 5 rings (SSSR count). The quantitative estimate of drug-likeness (QED) is 0.795. The molecule has 0 aliphatic heterocycles. The molecule has 3 fully saturated rings. The molecule has 4 unspecified atom stereocenters. The van der Waals surface area contributed by atoms with Crippen LogP contribution >= 0.6 is 12.2 Å². The van der Waals surface area contributed by atoms with Crippen molar-refractivity contribution in [2.24, 2.45) is 23.7 Å². The number of H-pyrrole nitrogens is 1. The molecule has 0 aromatic carbocycles. The van der Waals surface area contributed by atoms with Crippen LogP contribution in [0, 0.1) is 28.4 Å². The number of hydrogen-bond acceptors (Lipinski definition) is 2. The second-order valence-corrected chi connectivity index (χ2v) is 6.54. The van der Waals surface area contributed by atoms with Gasteiger partial charge in [-0.3, -0.25) is 4.57 Å². The van der Waals surface area contributed by atoms with Gasteiger partial charge in [-0.2, -0.15) is 0 Å². The van der Waals surface area contributed by atoms with E-state index < -0.39 is 0 Å². The Balaban J connectivity index is 1.68. The van der Waals surface area contributed by atoms with Crippen LogP contribution in [0.1, 0.15) is 25.3 Å². The van der Waals surface area contributed by atoms with E-state index in [4.69, 9.17) is 12.2 Å². The van der Waals surface area contributed by atoms with Gasteiger partial charge in [-0.15, -0.1) is 0 Å². The minimum Gasteiger partial charge on any atom is -0.329 e. The lowest BCUT2D eigenvalue weighted by molar-refractivity contribution is 0.456. The van der Waals surface area contributed by atoms with Gasteiger partial charge >= 0.3 is 0 Å². The molecule has 0 saturated heterocycles. The molecule has 3 nitrogen and oxygen atoms in total. The van der Waals surface area contributed by atoms with E-state index in [0.717, 1.165) is 39.6 Å². The van der Waals surface area contributed by atoms with Crippen LogP contribution in [0.3, 0.4) is 0 Å². The molecular weight excluding hydrogens is 242 g/mol. The number of imidazole rings is 1. The third-order valence-electron chi connectivity index (χ3n) is 5.47. The van der Waals surface area contributed by atoms with Gasteiger partial charge < -0.3 is 4.98 Å². The summed E-state index contributed by atoms with van der Waals surface area (Å²) < 4.78 is 3.17. The lowest BCUT2D eigenvalue weighted by Crippen LogP contribution is -2.05. The van der Waals surface area contributed by atoms with Crippen LogP contribution in [0.15, 0.2) is 18.3 Å². The molecule has 3 aliphatic rings. The van der Waals surface area contributed by atoms with Crippen LogP contribution in [0.4, 0.5) is 0 Å². The molecule has 92 valence electrons. The summed E-state index contributed by atoms with van der Waals surface area (Å²) in [5, 5.41) is 0. The minimum atomic E-state index is 0.646. The molecule has 2 bridgehead atoms. The third kappa shape index (κ3) is 1.02. The maximum atomic E-state index is 5.51. The normalized spacial score (nSPS) is 40.3. The Morgan fingerprint density at radius 3 is 2.83 bits per heavy atom. The summed E-state index contributed by atoms with van der Waals surface area (Å²) in [6, 6.07) is 4.68. The van der Waals surface area contributed by atoms with Crippen molar-refractivity contribution in [3.8, 4) is 0 Å². The second kappa shape index (κ2) is 3.05. The van der Waals surface area contributed by atoms with Crippen molar-refractivity contribution < 1.29 is 0 Å². The summed E-state index contributed by atoms with van der Waals surface area (Å²) in [6.07, 6.45) is 6.25. The fourth-order valence-corrected chi connectivity index (χ4v) is 5.18. The van der Waals surface area contributed by atoms with E-state index in [9.17, 15) is 0 Å². The topological polar surface area (TPSA) is 33.6 Å². The second-order valence-electron chi connectivity index (χ2n) is 6.15. The lowest BCUT2D eigenvalue weighted by atomic mass is 10.0. The monoisotopic (exact) mass is 257 g/mol. The Hall–Kier alpha value is -1.16. The summed E-state index contributed by atoms with van der Waals surface area (Å²) in [6.45, 7) is 0. The molecule has 4 heteroatoms. The first kappa shape index (κ1) is 9.73. The summed E-state index contributed by atoms with van der Waals surface area (Å²) in [7, 11) is 0. The van der Waals surface area contributed by atoms with Crippen LogP contribution in [0.2, 0.25) is 0 Å². The fraction of sp³-hybridized carbons (Fsp3) is 0.571. The largest absolute Gasteiger partial charge is 0.329 e. The van der Waals surface area contributed by atoms with Crippen molar-refractivity contribution in [1.29, 1.82) is 0 Å². The molecule has 4 atom stereocenters. The first-order chi connectivity index (χ1) is 8.84. The highest BCUT2D eigenvalue weighted by Crippen LogP contribution is 2.71. The van der Waals surface area contributed by atoms with Crippen molar-refractivity contribution in [1.82, 2.24) is 14.5 Å². The first-order valence-electron chi connectivity index (χ1n) is 6.90. The summed E-state index contributed by atoms with van der Waals surface area (Å²) in [5.74, 6) is 3.74. The number of aromatic amines is 1. The summed E-state index contributed by atoms with van der Waals surface area (Å²) in [4.78, 5) is 7.83. The van der Waals surface area contributed by atoms with Crippen LogP contribution in [0.5, 0.6) is 0 Å². The van der Waals surface area contributed by atoms with Crippen LogP contribution < -0.4 is 0 Å². The van der Waals surface area contributed by atoms with Gasteiger partial charge in [0, 0.05) is 12.2 Å². The molecular formula is C14H15N3S. The van der Waals surface area contributed by atoms with Crippen molar-refractivity contribution in [2.75, 3.05) is 0 Å². The van der Waals surface area contributed by atoms with Gasteiger partial charge in [-0.25, -0.2) is 4.98 Å². The maximum Gasteiger partial charge on any atom is 0.179 e. The zero-order valence-corrected chi connectivity index (χ0v) is 10.9. The molecule has 0 spiro atoms. The predicted octanol–water partition coefficient (Wildman–Crippen LogP) is 3.31. The van der Waals surface area contributed by atoms with Gasteiger partial charge in [0.15, 0.2) is 10.4 Å². The fourth-order valence-electron chi connectivity index (χ4n) is 4.86. The highest BCUT2D eigenvalue weighted by Gasteiger charge is 2.66. The highest BCUT2D eigenvalue weighted by atomic mass is 32.1. The van der Waals surface area contributed by atoms with Gasteiger partial charge in [0.1, 0.15) is 0 Å². The molecule has 2 heterocycles. The Morgan fingerprint density at radius 2 is 2.06 bits per heavy atom. The van der Waals surface area contributed by atoms with Gasteiger partial charge in [-0.1, -0.05) is 0 Å². The summed E-state index contributed by atoms with van der Waals surface area (Å²) in [5.41, 5.74) is 2.14. The number of hydrogen-bond donors (Lipinski definition) is 1. The van der Waals surface area contributed by atoms with E-state index >= 15 is 0 Å². The smallest absolute Gasteiger partial charge is 0.179 e. The minimum absolute atomic E-state index is 0.646. The maximum absolute atomic E-state index is 5.51. The van der Waals surface area contributed by atoms with Gasteiger partial charge in [0.2, 0.25) is 0 Å². The van der Waals surface area contributed by atoms with Crippen molar-refractivity contribution in [3.05, 3.63) is 23.1 Å². The Morgan fingerprint density at radius 1 is 1.28 bits per heavy atom. The highest BCUT2D eigenvalue weighted by molar-refractivity contribution is 7.71. The van der Waals surface area contributed by atoms with Crippen molar-refractivity contribution in [2.45, 2.75) is 25.3 Å². The average molecular weight is 257 g/mol. The molecule has 1 N–H and O–H groups in total. The average Bonchev–Trinajstić information content (AvgIpc) is 2.75. The first-order valence-corrected chi connectivity index (χ1v) is 7.30. The number of nitrogens with zero attached hydrogens (tertiary/aromatic N) is 2. The molecule has 2 aromatic rings. The SMILES string of the molecule is S=c1[nH]c2cccnc2n1C1C2C3CCC(C3)C21. The Bertz CT molecular complexity index is 684. The van der Waals surface area contributed by atoms with Crippen LogP contribution in [-0.2, 0) is 0 Å². The zero-order chi connectivity index (χ0) is 11.9. The summed E-state index contributed by atoms with van der Waals surface area (Å²) >= 11 is 5.51. The molecule has 18 heavy (non-hydrogen) atoms. The molecule has 0 amide bonds. The standard InChI is InChI=1S/C14H15N3S/c18-14-16-9-2-1-5-15-13(9)17(14)12-10-7-3-4-8(6-7)11(10)12/h1-2,5,7-8,10-12H,3-4,6H2,(H,16,18). The van der Waals surface area contributed by atoms with E-state index in [-0.39, 0.29) is 0 Å². The van der Waals surface area contributed by atoms with Gasteiger partial charge in [0.25, 0.3) is 0 Å². The number of nitrogens with one attached hydrogen (secondary N) is 1. The zero-order valence-electron chi connectivity index (χ0n) is 10.0. The van der Waals surface area contributed by atoms with Crippen molar-refractivity contribution in [3.63, 3.8) is 0 Å². The Labute approximate surface area is 110 Å². The lowest BCUT2D eigenvalue weighted by Gasteiger charge is -2.10. The molecule has 2 aromatic heterocycles. The molecule has 0 radical (unpaired) electrons. The van der Waals surface area contributed by atoms with Crippen LogP contribution in [-0.4, -0.2) is 14.5 Å². The van der Waals surface area contributed by atoms with Crippen molar-refractivity contribution >= 4 is 23.4 Å². The molecule has 3 saturated carbocycles. The predicted molar refractivity (Wildman–Crippen MR) is 71.8 cm³/mol. The van der Waals surface area contributed by atoms with Gasteiger partial charge in [0.05, 0.1) is 5.52 Å². The Kier molecular flexibility index (Phi) is 1.65. The number of rotatable bonds is 1. The number of fused-ring (bicyclic) bond motifs is 6. The van der Waals surface area contributed by atoms with E-state index in [1.165, 1.54) is 19.3 Å². The number of pyridine rings is 1. The third-order valence-corrected chi connectivity index (χ3v) is 5.77. The number of aromatic nitrogens is 3. The van der Waals surface area contributed by atoms with E-state index in [0.29, 0.717) is 6.04 Å². The van der Waals surface area contributed by atoms with E-state index in [2.05, 4.69) is 20.6 Å². The van der Waals surface area contributed by atoms with Crippen LogP contribution in [0.25, 0.3) is 11.2 Å².